The third kappa shape index (κ3) is 3.77. The molecule has 0 atom stereocenters. The molecular formula is C15H21FN2O2. The number of hydrogen-bond donors (Lipinski definition) is 2. The molecule has 0 bridgehead atoms. The standard InChI is InChI=1S/C15H21FN2O2/c1-20-7-6-15(4-5-15)10-18-9-12-3-2-11(14(17)19)8-13(12)16/h2-3,8,18H,4-7,9-10H2,1H3,(H2,17,19). The average molecular weight is 280 g/mol. The van der Waals surface area contributed by atoms with Crippen molar-refractivity contribution in [2.24, 2.45) is 11.1 Å². The molecule has 0 spiro atoms. The highest BCUT2D eigenvalue weighted by atomic mass is 19.1. The Labute approximate surface area is 118 Å². The molecule has 0 aliphatic heterocycles. The quantitative estimate of drug-likeness (QED) is 0.763. The third-order valence-corrected chi connectivity index (χ3v) is 3.95. The van der Waals surface area contributed by atoms with Gasteiger partial charge in [-0.05, 0) is 36.8 Å². The molecule has 4 nitrogen and oxygen atoms in total. The summed E-state index contributed by atoms with van der Waals surface area (Å²) in [6, 6.07) is 4.36. The molecule has 1 aliphatic rings. The van der Waals surface area contributed by atoms with E-state index >= 15 is 0 Å². The molecule has 0 radical (unpaired) electrons. The zero-order chi connectivity index (χ0) is 14.6. The lowest BCUT2D eigenvalue weighted by Gasteiger charge is -2.15. The average Bonchev–Trinajstić information content (AvgIpc) is 3.18. The van der Waals surface area contributed by atoms with Crippen LogP contribution >= 0.6 is 0 Å². The van der Waals surface area contributed by atoms with Crippen LogP contribution in [0.3, 0.4) is 0 Å². The molecule has 1 saturated carbocycles. The number of hydrogen-bond acceptors (Lipinski definition) is 3. The molecular weight excluding hydrogens is 259 g/mol. The Hall–Kier alpha value is -1.46. The summed E-state index contributed by atoms with van der Waals surface area (Å²) in [6.07, 6.45) is 3.44. The smallest absolute Gasteiger partial charge is 0.248 e. The monoisotopic (exact) mass is 280 g/mol. The fourth-order valence-corrected chi connectivity index (χ4v) is 2.32. The minimum absolute atomic E-state index is 0.199. The van der Waals surface area contributed by atoms with Crippen molar-refractivity contribution in [3.05, 3.63) is 35.1 Å². The Morgan fingerprint density at radius 2 is 2.25 bits per heavy atom. The van der Waals surface area contributed by atoms with E-state index in [1.807, 2.05) is 0 Å². The van der Waals surface area contributed by atoms with Crippen LogP contribution in [0.2, 0.25) is 0 Å². The first-order valence-corrected chi connectivity index (χ1v) is 6.84. The minimum Gasteiger partial charge on any atom is -0.385 e. The van der Waals surface area contributed by atoms with Gasteiger partial charge in [-0.15, -0.1) is 0 Å². The summed E-state index contributed by atoms with van der Waals surface area (Å²) in [7, 11) is 1.71. The fourth-order valence-electron chi connectivity index (χ4n) is 2.32. The molecule has 2 rings (SSSR count). The van der Waals surface area contributed by atoms with Gasteiger partial charge in [-0.2, -0.15) is 0 Å². The molecule has 0 aromatic heterocycles. The first-order chi connectivity index (χ1) is 9.56. The predicted molar refractivity (Wildman–Crippen MR) is 74.8 cm³/mol. The second-order valence-corrected chi connectivity index (χ2v) is 5.52. The van der Waals surface area contributed by atoms with Crippen LogP contribution in [0.5, 0.6) is 0 Å². The van der Waals surface area contributed by atoms with Crippen LogP contribution in [0.4, 0.5) is 4.39 Å². The number of methoxy groups -OCH3 is 1. The molecule has 1 amide bonds. The van der Waals surface area contributed by atoms with E-state index in [1.54, 1.807) is 19.2 Å². The van der Waals surface area contributed by atoms with Crippen molar-refractivity contribution in [2.45, 2.75) is 25.8 Å². The minimum atomic E-state index is -0.611. The lowest BCUT2D eigenvalue weighted by molar-refractivity contribution is 0.1000. The van der Waals surface area contributed by atoms with E-state index < -0.39 is 11.7 Å². The molecule has 20 heavy (non-hydrogen) atoms. The number of ether oxygens (including phenoxy) is 1. The lowest BCUT2D eigenvalue weighted by Crippen LogP contribution is -2.25. The molecule has 1 aromatic carbocycles. The van der Waals surface area contributed by atoms with Crippen molar-refractivity contribution in [3.8, 4) is 0 Å². The number of halogens is 1. The van der Waals surface area contributed by atoms with Crippen LogP contribution in [0.1, 0.15) is 35.2 Å². The second-order valence-electron chi connectivity index (χ2n) is 5.52. The second kappa shape index (κ2) is 6.33. The van der Waals surface area contributed by atoms with Crippen molar-refractivity contribution < 1.29 is 13.9 Å². The number of amides is 1. The normalized spacial score (nSPS) is 16.1. The Morgan fingerprint density at radius 1 is 1.50 bits per heavy atom. The molecule has 110 valence electrons. The van der Waals surface area contributed by atoms with E-state index in [-0.39, 0.29) is 5.56 Å². The molecule has 1 fully saturated rings. The van der Waals surface area contributed by atoms with Crippen LogP contribution in [-0.4, -0.2) is 26.2 Å². The molecule has 5 heteroatoms. The summed E-state index contributed by atoms with van der Waals surface area (Å²) in [4.78, 5) is 10.9. The Kier molecular flexibility index (Phi) is 4.73. The fraction of sp³-hybridized carbons (Fsp3) is 0.533. The van der Waals surface area contributed by atoms with E-state index in [4.69, 9.17) is 10.5 Å². The molecule has 0 unspecified atom stereocenters. The van der Waals surface area contributed by atoms with E-state index in [2.05, 4.69) is 5.32 Å². The van der Waals surface area contributed by atoms with Crippen molar-refractivity contribution in [2.75, 3.05) is 20.3 Å². The largest absolute Gasteiger partial charge is 0.385 e. The summed E-state index contributed by atoms with van der Waals surface area (Å²) in [5, 5.41) is 3.29. The summed E-state index contributed by atoms with van der Waals surface area (Å²) in [6.45, 7) is 2.09. The van der Waals surface area contributed by atoms with Crippen LogP contribution in [-0.2, 0) is 11.3 Å². The van der Waals surface area contributed by atoms with Gasteiger partial charge in [0, 0.05) is 37.9 Å². The van der Waals surface area contributed by atoms with Gasteiger partial charge in [-0.3, -0.25) is 4.79 Å². The van der Waals surface area contributed by atoms with Crippen LogP contribution in [0.15, 0.2) is 18.2 Å². The highest BCUT2D eigenvalue weighted by molar-refractivity contribution is 5.92. The van der Waals surface area contributed by atoms with E-state index in [1.165, 1.54) is 18.9 Å². The lowest BCUT2D eigenvalue weighted by atomic mass is 10.0. The number of carbonyl (C=O) groups is 1. The van der Waals surface area contributed by atoms with Gasteiger partial charge >= 0.3 is 0 Å². The summed E-state index contributed by atoms with van der Waals surface area (Å²) in [5.41, 5.74) is 6.20. The van der Waals surface area contributed by atoms with Gasteiger partial charge in [0.25, 0.3) is 0 Å². The van der Waals surface area contributed by atoms with E-state index in [9.17, 15) is 9.18 Å². The Bertz CT molecular complexity index is 487. The number of rotatable bonds is 8. The maximum Gasteiger partial charge on any atom is 0.248 e. The maximum absolute atomic E-state index is 13.8. The van der Waals surface area contributed by atoms with Gasteiger partial charge < -0.3 is 15.8 Å². The molecule has 0 heterocycles. The van der Waals surface area contributed by atoms with Crippen molar-refractivity contribution in [1.82, 2.24) is 5.32 Å². The van der Waals surface area contributed by atoms with Gasteiger partial charge in [0.15, 0.2) is 0 Å². The Balaban J connectivity index is 1.84. The van der Waals surface area contributed by atoms with Crippen molar-refractivity contribution >= 4 is 5.91 Å². The summed E-state index contributed by atoms with van der Waals surface area (Å²) < 4.78 is 18.9. The third-order valence-electron chi connectivity index (χ3n) is 3.95. The zero-order valence-electron chi connectivity index (χ0n) is 11.7. The van der Waals surface area contributed by atoms with Gasteiger partial charge in [0.05, 0.1) is 0 Å². The molecule has 1 aromatic rings. The van der Waals surface area contributed by atoms with Crippen LogP contribution < -0.4 is 11.1 Å². The highest BCUT2D eigenvalue weighted by Gasteiger charge is 2.41. The molecule has 1 aliphatic carbocycles. The topological polar surface area (TPSA) is 64.3 Å². The maximum atomic E-state index is 13.8. The molecule has 0 saturated heterocycles. The van der Waals surface area contributed by atoms with Crippen molar-refractivity contribution in [3.63, 3.8) is 0 Å². The number of carbonyl (C=O) groups excluding carboxylic acids is 1. The van der Waals surface area contributed by atoms with Gasteiger partial charge in [-0.25, -0.2) is 4.39 Å². The summed E-state index contributed by atoms with van der Waals surface area (Å²) in [5.74, 6) is -1.00. The number of benzene rings is 1. The van der Waals surface area contributed by atoms with Crippen LogP contribution in [0.25, 0.3) is 0 Å². The van der Waals surface area contributed by atoms with E-state index in [0.717, 1.165) is 19.6 Å². The number of primary amides is 1. The summed E-state index contributed by atoms with van der Waals surface area (Å²) >= 11 is 0. The van der Waals surface area contributed by atoms with Gasteiger partial charge in [0.1, 0.15) is 5.82 Å². The van der Waals surface area contributed by atoms with Crippen molar-refractivity contribution in [1.29, 1.82) is 0 Å². The number of nitrogens with two attached hydrogens (primary N) is 1. The first kappa shape index (κ1) is 14.9. The Morgan fingerprint density at radius 3 is 2.80 bits per heavy atom. The SMILES string of the molecule is COCCC1(CNCc2ccc(C(N)=O)cc2F)CC1. The predicted octanol–water partition coefficient (Wildman–Crippen LogP) is 1.83. The first-order valence-electron chi connectivity index (χ1n) is 6.84. The van der Waals surface area contributed by atoms with Gasteiger partial charge in [-0.1, -0.05) is 6.07 Å². The number of nitrogens with one attached hydrogen (secondary N) is 1. The molecule has 3 N–H and O–H groups in total. The highest BCUT2D eigenvalue weighted by Crippen LogP contribution is 2.48. The van der Waals surface area contributed by atoms with E-state index in [0.29, 0.717) is 17.5 Å². The van der Waals surface area contributed by atoms with Gasteiger partial charge in [0.2, 0.25) is 5.91 Å². The zero-order valence-corrected chi connectivity index (χ0v) is 11.7. The van der Waals surface area contributed by atoms with Crippen LogP contribution in [0, 0.1) is 11.2 Å².